The van der Waals surface area contributed by atoms with E-state index in [0.717, 1.165) is 22.3 Å². The Hall–Kier alpha value is -4.98. The van der Waals surface area contributed by atoms with E-state index < -0.39 is 56.3 Å². The number of rotatable bonds is 8. The van der Waals surface area contributed by atoms with Crippen LogP contribution in [0.15, 0.2) is 81.2 Å². The predicted molar refractivity (Wildman–Crippen MR) is 222 cm³/mol. The molecule has 2 aromatic heterocycles. The van der Waals surface area contributed by atoms with Crippen LogP contribution in [0.2, 0.25) is 0 Å². The highest BCUT2D eigenvalue weighted by Gasteiger charge is 2.65. The third kappa shape index (κ3) is 4.83. The summed E-state index contributed by atoms with van der Waals surface area (Å²) in [5, 5.41) is 1.33. The van der Waals surface area contributed by atoms with E-state index in [2.05, 4.69) is 26.3 Å². The Morgan fingerprint density at radius 3 is 1.16 bits per heavy atom. The minimum absolute atomic E-state index is 0.291. The number of allylic oxidation sites excluding steroid dienone is 4. The molecule has 8 heteroatoms. The molecule has 0 N–H and O–H groups in total. The van der Waals surface area contributed by atoms with E-state index in [0.29, 0.717) is 56.1 Å². The largest absolute Gasteiger partial charge is 0.484 e. The second-order valence-corrected chi connectivity index (χ2v) is 19.5. The van der Waals surface area contributed by atoms with E-state index in [1.165, 1.54) is 0 Å². The molecule has 8 nitrogen and oxygen atoms in total. The van der Waals surface area contributed by atoms with Gasteiger partial charge < -0.3 is 27.8 Å². The maximum atomic E-state index is 13.9. The highest BCUT2D eigenvalue weighted by atomic mass is 16.6. The molecule has 4 aromatic rings. The summed E-state index contributed by atoms with van der Waals surface area (Å²) in [6.45, 7) is 40.6. The normalized spacial score (nSPS) is 22.9. The summed E-state index contributed by atoms with van der Waals surface area (Å²) in [6.07, 6.45) is 6.17. The molecule has 4 aliphatic heterocycles. The third-order valence-corrected chi connectivity index (χ3v) is 13.3. The van der Waals surface area contributed by atoms with E-state index in [9.17, 15) is 9.59 Å². The molecule has 4 aliphatic rings. The minimum atomic E-state index is -0.911. The van der Waals surface area contributed by atoms with Crippen LogP contribution in [0, 0.1) is 0 Å². The average molecular weight is 759 g/mol. The van der Waals surface area contributed by atoms with Crippen molar-refractivity contribution in [2.75, 3.05) is 0 Å². The zero-order valence-corrected chi connectivity index (χ0v) is 34.9. The first-order chi connectivity index (χ1) is 25.9. The van der Waals surface area contributed by atoms with Crippen molar-refractivity contribution in [2.45, 2.75) is 140 Å². The Kier molecular flexibility index (Phi) is 7.67. The zero-order chi connectivity index (χ0) is 41.0. The molecule has 0 saturated heterocycles. The lowest BCUT2D eigenvalue weighted by atomic mass is 9.61. The Labute approximate surface area is 328 Å². The molecule has 0 unspecified atom stereocenters. The van der Waals surface area contributed by atoms with Gasteiger partial charge in [0.2, 0.25) is 0 Å². The molecule has 0 bridgehead atoms. The van der Waals surface area contributed by atoms with Gasteiger partial charge in [0, 0.05) is 66.9 Å². The lowest BCUT2D eigenvalue weighted by molar-refractivity contribution is -0.113. The maximum absolute atomic E-state index is 13.9. The summed E-state index contributed by atoms with van der Waals surface area (Å²) in [5.74, 6) is 1.78. The summed E-state index contributed by atoms with van der Waals surface area (Å²) in [4.78, 5) is 27.8. The van der Waals surface area contributed by atoms with Gasteiger partial charge in [0.1, 0.15) is 57.6 Å². The van der Waals surface area contributed by atoms with E-state index >= 15 is 0 Å². The zero-order valence-electron chi connectivity index (χ0n) is 34.9. The smallest absolute Gasteiger partial charge is 0.340 e. The van der Waals surface area contributed by atoms with Gasteiger partial charge in [0.15, 0.2) is 0 Å². The molecule has 8 rings (SSSR count). The first kappa shape index (κ1) is 37.9. The van der Waals surface area contributed by atoms with Gasteiger partial charge in [0.05, 0.1) is 10.8 Å². The molecule has 294 valence electrons. The standard InChI is InChI=1S/C48H54O8/c1-17-43(5,6)25-21-23-33-29-27-28-30-34(52-40(27)48(15,16)55-37(29)31(45(9,10)19-3)35(23)53-41(25)49)24-22-26(44(7,8)18-2)42(50)54-36(24)32(46(11,12)20-4)38(30)56-47(13,14)39(28)51-33/h17-22,27-28,39-40H,1-4H2,5-16H3/t27-,28-,39-,40-/m1/s1. The Morgan fingerprint density at radius 2 is 0.857 bits per heavy atom. The third-order valence-electron chi connectivity index (χ3n) is 13.3. The van der Waals surface area contributed by atoms with Gasteiger partial charge in [-0.05, 0) is 39.8 Å². The monoisotopic (exact) mass is 758 g/mol. The van der Waals surface area contributed by atoms with Gasteiger partial charge in [-0.25, -0.2) is 9.59 Å². The topological polar surface area (TPSA) is 97.3 Å². The molecule has 0 fully saturated rings. The summed E-state index contributed by atoms with van der Waals surface area (Å²) in [6, 6.07) is 3.80. The van der Waals surface area contributed by atoms with Crippen molar-refractivity contribution in [1.29, 1.82) is 0 Å². The van der Waals surface area contributed by atoms with E-state index in [-0.39, 0.29) is 11.8 Å². The van der Waals surface area contributed by atoms with Crippen molar-refractivity contribution in [3.05, 3.63) is 117 Å². The van der Waals surface area contributed by atoms with Crippen LogP contribution >= 0.6 is 0 Å². The van der Waals surface area contributed by atoms with Crippen LogP contribution < -0.4 is 30.2 Å². The Bertz CT molecular complexity index is 2410. The van der Waals surface area contributed by atoms with Crippen LogP contribution in [0.3, 0.4) is 0 Å². The molecule has 0 amide bonds. The molecule has 0 radical (unpaired) electrons. The molecule has 6 heterocycles. The molecule has 2 aromatic carbocycles. The number of hydrogen-bond donors (Lipinski definition) is 0. The van der Waals surface area contributed by atoms with Crippen LogP contribution in [-0.4, -0.2) is 23.4 Å². The van der Waals surface area contributed by atoms with Crippen LogP contribution in [0.1, 0.15) is 128 Å². The van der Waals surface area contributed by atoms with Gasteiger partial charge in [0.25, 0.3) is 0 Å². The van der Waals surface area contributed by atoms with Crippen LogP contribution in [0.4, 0.5) is 0 Å². The minimum Gasteiger partial charge on any atom is -0.484 e. The first-order valence-corrected chi connectivity index (χ1v) is 19.5. The molecule has 4 atom stereocenters. The SMILES string of the molecule is C=CC(C)(C)c1cc2c3c4c(c(C(C)(C)C=C)c2oc1=O)OC(C)(C)[C@@H]1Oc2c5c(c(C(C)(C)C=C)c6oc(=O)c(C(C)(C)C=C)cc26)OC(C)(C)[C@H](O3)[C@@H]5[C@H]41. The predicted octanol–water partition coefficient (Wildman–Crippen LogP) is 10.5. The maximum Gasteiger partial charge on any atom is 0.340 e. The van der Waals surface area contributed by atoms with Crippen LogP contribution in [-0.2, 0) is 21.7 Å². The lowest BCUT2D eigenvalue weighted by Gasteiger charge is -2.59. The molecular formula is C48H54O8. The van der Waals surface area contributed by atoms with Gasteiger partial charge in [-0.1, -0.05) is 79.7 Å². The number of fused-ring (bicyclic) bond motifs is 4. The molecule has 0 spiro atoms. The highest BCUT2D eigenvalue weighted by molar-refractivity contribution is 5.96. The second-order valence-electron chi connectivity index (χ2n) is 19.5. The second kappa shape index (κ2) is 11.3. The fourth-order valence-corrected chi connectivity index (χ4v) is 9.42. The number of benzene rings is 2. The average Bonchev–Trinajstić information content (AvgIpc) is 3.11. The Morgan fingerprint density at radius 1 is 0.536 bits per heavy atom. The van der Waals surface area contributed by atoms with E-state index in [1.54, 1.807) is 12.2 Å². The fraction of sp³-hybridized carbons (Fsp3) is 0.458. The molecule has 0 aliphatic carbocycles. The fourth-order valence-electron chi connectivity index (χ4n) is 9.42. The van der Waals surface area contributed by atoms with Gasteiger partial charge in [-0.3, -0.25) is 0 Å². The van der Waals surface area contributed by atoms with Crippen molar-refractivity contribution in [3.63, 3.8) is 0 Å². The molecular weight excluding hydrogens is 705 g/mol. The van der Waals surface area contributed by atoms with Crippen molar-refractivity contribution < 1.29 is 27.8 Å². The quantitative estimate of drug-likeness (QED) is 0.129. The lowest BCUT2D eigenvalue weighted by Crippen LogP contribution is -2.63. The van der Waals surface area contributed by atoms with E-state index in [1.807, 2.05) is 107 Å². The summed E-state index contributed by atoms with van der Waals surface area (Å²) in [7, 11) is 0. The van der Waals surface area contributed by atoms with Crippen LogP contribution in [0.25, 0.3) is 21.9 Å². The van der Waals surface area contributed by atoms with Crippen molar-refractivity contribution in [1.82, 2.24) is 0 Å². The summed E-state index contributed by atoms with van der Waals surface area (Å²) >= 11 is 0. The van der Waals surface area contributed by atoms with Crippen molar-refractivity contribution in [3.8, 4) is 23.0 Å². The van der Waals surface area contributed by atoms with E-state index in [4.69, 9.17) is 27.8 Å². The van der Waals surface area contributed by atoms with Gasteiger partial charge in [-0.15, -0.1) is 26.3 Å². The summed E-state index contributed by atoms with van der Waals surface area (Å²) < 4.78 is 41.7. The molecule has 56 heavy (non-hydrogen) atoms. The van der Waals surface area contributed by atoms with Gasteiger partial charge in [-0.2, -0.15) is 0 Å². The van der Waals surface area contributed by atoms with Crippen LogP contribution in [0.5, 0.6) is 23.0 Å². The number of ether oxygens (including phenoxy) is 4. The van der Waals surface area contributed by atoms with Gasteiger partial charge >= 0.3 is 11.3 Å². The first-order valence-electron chi connectivity index (χ1n) is 19.5. The number of hydrogen-bond acceptors (Lipinski definition) is 8. The Balaban J connectivity index is 1.58. The summed E-state index contributed by atoms with van der Waals surface area (Å²) in [5.41, 5.74) is -0.615. The highest BCUT2D eigenvalue weighted by Crippen LogP contribution is 2.69. The van der Waals surface area contributed by atoms with Crippen molar-refractivity contribution in [2.24, 2.45) is 0 Å². The molecule has 0 saturated carbocycles. The van der Waals surface area contributed by atoms with Crippen molar-refractivity contribution >= 4 is 21.9 Å².